The van der Waals surface area contributed by atoms with Crippen molar-refractivity contribution in [1.82, 2.24) is 15.2 Å². The molecule has 1 saturated heterocycles. The van der Waals surface area contributed by atoms with Crippen molar-refractivity contribution in [2.24, 2.45) is 0 Å². The van der Waals surface area contributed by atoms with Crippen LogP contribution in [0.15, 0.2) is 54.7 Å². The van der Waals surface area contributed by atoms with E-state index in [9.17, 15) is 9.90 Å². The molecule has 3 N–H and O–H groups in total. The number of para-hydroxylation sites is 1. The molecule has 0 aliphatic carbocycles. The van der Waals surface area contributed by atoms with E-state index in [0.29, 0.717) is 13.0 Å². The van der Waals surface area contributed by atoms with Crippen LogP contribution in [0.3, 0.4) is 0 Å². The number of aromatic nitrogens is 1. The van der Waals surface area contributed by atoms with Crippen molar-refractivity contribution in [2.75, 3.05) is 13.1 Å². The number of piperidine rings is 1. The van der Waals surface area contributed by atoms with Crippen LogP contribution in [-0.2, 0) is 24.3 Å². The number of rotatable bonds is 8. The highest BCUT2D eigenvalue weighted by Gasteiger charge is 2.16. The van der Waals surface area contributed by atoms with Crippen LogP contribution >= 0.6 is 0 Å². The number of nitrogens with zero attached hydrogens (tertiary/aromatic N) is 1. The second-order valence-corrected chi connectivity index (χ2v) is 8.31. The fourth-order valence-electron chi connectivity index (χ4n) is 4.17. The van der Waals surface area contributed by atoms with Gasteiger partial charge in [0.15, 0.2) is 0 Å². The molecule has 0 radical (unpaired) electrons. The van der Waals surface area contributed by atoms with Crippen LogP contribution in [0.4, 0.5) is 0 Å². The van der Waals surface area contributed by atoms with Crippen LogP contribution in [0.5, 0.6) is 0 Å². The number of fused-ring (bicyclic) bond motifs is 1. The first kappa shape index (κ1) is 20.6. The van der Waals surface area contributed by atoms with E-state index in [1.54, 1.807) is 0 Å². The molecule has 4 rings (SSSR count). The molecule has 5 nitrogen and oxygen atoms in total. The van der Waals surface area contributed by atoms with Crippen molar-refractivity contribution in [1.29, 1.82) is 0 Å². The van der Waals surface area contributed by atoms with Gasteiger partial charge in [0.25, 0.3) is 0 Å². The lowest BCUT2D eigenvalue weighted by Gasteiger charge is -2.29. The van der Waals surface area contributed by atoms with Crippen molar-refractivity contribution in [3.05, 3.63) is 71.4 Å². The third kappa shape index (κ3) is 5.49. The number of likely N-dealkylation sites (tertiary alicyclic amines) is 1. The summed E-state index contributed by atoms with van der Waals surface area (Å²) in [5.74, 6) is 0.103. The van der Waals surface area contributed by atoms with Crippen LogP contribution < -0.4 is 5.32 Å². The minimum absolute atomic E-state index is 0.103. The number of nitrogens with one attached hydrogen (secondary N) is 2. The zero-order valence-electron chi connectivity index (χ0n) is 17.4. The number of aryl methyl sites for hydroxylation is 1. The monoisotopic (exact) mass is 405 g/mol. The van der Waals surface area contributed by atoms with Crippen LogP contribution in [0.2, 0.25) is 0 Å². The number of carbonyl (C=O) groups is 1. The standard InChI is InChI=1S/C25H31N3O2/c29-22-12-14-28(15-13-22)18-20-10-8-19(9-11-20)16-27-25(30)7-3-4-21-17-26-24-6-2-1-5-23(21)24/h1-2,5-6,8-11,17,22,26,29H,3-4,7,12-16,18H2,(H,27,30). The Bertz CT molecular complexity index is 956. The minimum atomic E-state index is -0.130. The lowest BCUT2D eigenvalue weighted by molar-refractivity contribution is -0.121. The Balaban J connectivity index is 1.17. The fraction of sp³-hybridized carbons (Fsp3) is 0.400. The van der Waals surface area contributed by atoms with E-state index in [4.69, 9.17) is 0 Å². The van der Waals surface area contributed by atoms with E-state index in [1.807, 2.05) is 6.07 Å². The predicted molar refractivity (Wildman–Crippen MR) is 120 cm³/mol. The summed E-state index contributed by atoms with van der Waals surface area (Å²) in [6, 6.07) is 16.8. The molecule has 2 heterocycles. The van der Waals surface area contributed by atoms with Crippen molar-refractivity contribution in [3.8, 4) is 0 Å². The molecule has 5 heteroatoms. The Kier molecular flexibility index (Phi) is 6.82. The highest BCUT2D eigenvalue weighted by atomic mass is 16.3. The molecule has 1 amide bonds. The molecule has 1 aromatic heterocycles. The Morgan fingerprint density at radius 3 is 2.60 bits per heavy atom. The first-order chi connectivity index (χ1) is 14.7. The molecule has 0 unspecified atom stereocenters. The van der Waals surface area contributed by atoms with E-state index in [0.717, 1.165) is 56.4 Å². The molecular weight excluding hydrogens is 374 g/mol. The molecule has 1 aliphatic rings. The molecule has 30 heavy (non-hydrogen) atoms. The van der Waals surface area contributed by atoms with Crippen LogP contribution in [0, 0.1) is 0 Å². The van der Waals surface area contributed by atoms with Gasteiger partial charge in [-0.25, -0.2) is 0 Å². The van der Waals surface area contributed by atoms with E-state index < -0.39 is 0 Å². The average Bonchev–Trinajstić information content (AvgIpc) is 3.18. The summed E-state index contributed by atoms with van der Waals surface area (Å²) in [4.78, 5) is 17.9. The van der Waals surface area contributed by atoms with Crippen molar-refractivity contribution in [3.63, 3.8) is 0 Å². The number of amides is 1. The maximum Gasteiger partial charge on any atom is 0.220 e. The molecule has 0 atom stereocenters. The van der Waals surface area contributed by atoms with Gasteiger partial charge in [0.2, 0.25) is 5.91 Å². The molecule has 158 valence electrons. The molecule has 0 saturated carbocycles. The fourth-order valence-corrected chi connectivity index (χ4v) is 4.17. The molecule has 1 aliphatic heterocycles. The zero-order chi connectivity index (χ0) is 20.8. The summed E-state index contributed by atoms with van der Waals surface area (Å²) >= 11 is 0. The third-order valence-electron chi connectivity index (χ3n) is 6.00. The number of benzene rings is 2. The number of H-pyrrole nitrogens is 1. The second-order valence-electron chi connectivity index (χ2n) is 8.31. The summed E-state index contributed by atoms with van der Waals surface area (Å²) < 4.78 is 0. The zero-order valence-corrected chi connectivity index (χ0v) is 17.4. The summed E-state index contributed by atoms with van der Waals surface area (Å²) in [7, 11) is 0. The minimum Gasteiger partial charge on any atom is -0.393 e. The van der Waals surface area contributed by atoms with Gasteiger partial charge < -0.3 is 15.4 Å². The lowest BCUT2D eigenvalue weighted by Crippen LogP contribution is -2.35. The van der Waals surface area contributed by atoms with E-state index in [-0.39, 0.29) is 12.0 Å². The van der Waals surface area contributed by atoms with Crippen molar-refractivity contribution in [2.45, 2.75) is 51.3 Å². The van der Waals surface area contributed by atoms with Gasteiger partial charge in [0.05, 0.1) is 6.10 Å². The molecular formula is C25H31N3O2. The maximum absolute atomic E-state index is 12.2. The normalized spacial score (nSPS) is 15.5. The molecule has 2 aromatic carbocycles. The van der Waals surface area contributed by atoms with Crippen LogP contribution in [0.25, 0.3) is 10.9 Å². The smallest absolute Gasteiger partial charge is 0.220 e. The number of aromatic amines is 1. The van der Waals surface area contributed by atoms with E-state index >= 15 is 0 Å². The van der Waals surface area contributed by atoms with E-state index in [2.05, 4.69) is 63.9 Å². The Hall–Kier alpha value is -2.63. The SMILES string of the molecule is O=C(CCCc1c[nH]c2ccccc12)NCc1ccc(CN2CCC(O)CC2)cc1. The summed E-state index contributed by atoms with van der Waals surface area (Å²) in [5.41, 5.74) is 4.83. The van der Waals surface area contributed by atoms with Crippen molar-refractivity contribution >= 4 is 16.8 Å². The molecule has 0 spiro atoms. The molecule has 3 aromatic rings. The second kappa shape index (κ2) is 9.92. The summed E-state index contributed by atoms with van der Waals surface area (Å²) in [5, 5.41) is 13.9. The summed E-state index contributed by atoms with van der Waals surface area (Å²) in [6.07, 6.45) is 5.94. The van der Waals surface area contributed by atoms with Crippen LogP contribution in [0.1, 0.15) is 42.4 Å². The number of aliphatic hydroxyl groups is 1. The molecule has 1 fully saturated rings. The van der Waals surface area contributed by atoms with Gasteiger partial charge in [0.1, 0.15) is 0 Å². The van der Waals surface area contributed by atoms with Gasteiger partial charge >= 0.3 is 0 Å². The Labute approximate surface area is 178 Å². The van der Waals surface area contributed by atoms with Crippen molar-refractivity contribution < 1.29 is 9.90 Å². The van der Waals surface area contributed by atoms with E-state index in [1.165, 1.54) is 16.5 Å². The quantitative estimate of drug-likeness (QED) is 0.534. The molecule has 0 bridgehead atoms. The Morgan fingerprint density at radius 2 is 1.80 bits per heavy atom. The number of aliphatic hydroxyl groups excluding tert-OH is 1. The topological polar surface area (TPSA) is 68.4 Å². The first-order valence-corrected chi connectivity index (χ1v) is 11.0. The number of carbonyl (C=O) groups excluding carboxylic acids is 1. The van der Waals surface area contributed by atoms with Crippen LogP contribution in [-0.4, -0.2) is 40.1 Å². The van der Waals surface area contributed by atoms with Gasteiger partial charge in [-0.2, -0.15) is 0 Å². The van der Waals surface area contributed by atoms with Gasteiger partial charge in [-0.15, -0.1) is 0 Å². The predicted octanol–water partition coefficient (Wildman–Crippen LogP) is 3.76. The lowest BCUT2D eigenvalue weighted by atomic mass is 10.1. The number of hydrogen-bond donors (Lipinski definition) is 3. The van der Waals surface area contributed by atoms with Gasteiger partial charge in [0, 0.05) is 49.7 Å². The largest absolute Gasteiger partial charge is 0.393 e. The summed E-state index contributed by atoms with van der Waals surface area (Å²) in [6.45, 7) is 3.41. The first-order valence-electron chi connectivity index (χ1n) is 11.0. The van der Waals surface area contributed by atoms with Gasteiger partial charge in [-0.1, -0.05) is 42.5 Å². The third-order valence-corrected chi connectivity index (χ3v) is 6.00. The Morgan fingerprint density at radius 1 is 1.07 bits per heavy atom. The highest BCUT2D eigenvalue weighted by Crippen LogP contribution is 2.19. The number of hydrogen-bond acceptors (Lipinski definition) is 3. The maximum atomic E-state index is 12.2. The van der Waals surface area contributed by atoms with Gasteiger partial charge in [-0.05, 0) is 48.4 Å². The average molecular weight is 406 g/mol. The van der Waals surface area contributed by atoms with Gasteiger partial charge in [-0.3, -0.25) is 9.69 Å². The highest BCUT2D eigenvalue weighted by molar-refractivity contribution is 5.83.